The highest BCUT2D eigenvalue weighted by Gasteiger charge is 2.35. The molecular weight excluding hydrogens is 379 g/mol. The molecule has 136 valence electrons. The van der Waals surface area contributed by atoms with Crippen LogP contribution in [0.1, 0.15) is 20.7 Å². The zero-order valence-corrected chi connectivity index (χ0v) is 13.3. The molecule has 0 saturated heterocycles. The number of nitrogens with one attached hydrogen (secondary N) is 1. The molecule has 0 saturated carbocycles. The number of carbonyl (C=O) groups excluding carboxylic acids is 2. The molecule has 12 heteroatoms. The quantitative estimate of drug-likeness (QED) is 0.736. The van der Waals surface area contributed by atoms with Crippen LogP contribution in [-0.2, 0) is 9.84 Å². The third-order valence-corrected chi connectivity index (χ3v) is 5.07. The van der Waals surface area contributed by atoms with E-state index in [0.29, 0.717) is 16.7 Å². The molecule has 2 aromatic rings. The lowest BCUT2D eigenvalue weighted by atomic mass is 10.1. The van der Waals surface area contributed by atoms with Gasteiger partial charge in [-0.3, -0.25) is 24.3 Å². The van der Waals surface area contributed by atoms with Crippen LogP contribution in [-0.4, -0.2) is 30.6 Å². The number of imide groups is 1. The summed E-state index contributed by atoms with van der Waals surface area (Å²) in [6.07, 6.45) is 0. The number of benzene rings is 1. The van der Waals surface area contributed by atoms with Crippen LogP contribution in [0.25, 0.3) is 5.69 Å². The Morgan fingerprint density at radius 2 is 1.73 bits per heavy atom. The highest BCUT2D eigenvalue weighted by Crippen LogP contribution is 2.29. The molecule has 0 bridgehead atoms. The van der Waals surface area contributed by atoms with Crippen molar-refractivity contribution in [2.75, 3.05) is 5.73 Å². The molecule has 1 aromatic carbocycles. The van der Waals surface area contributed by atoms with Gasteiger partial charge in [0, 0.05) is 6.07 Å². The van der Waals surface area contributed by atoms with E-state index in [1.54, 1.807) is 0 Å². The molecule has 0 radical (unpaired) electrons. The SMILES string of the molecule is Nc1c2c(cc(=O)n1-c1ccc(F)cc1S(=O)(=O)C(F)F)C(=O)NC2=O. The van der Waals surface area contributed by atoms with Crippen molar-refractivity contribution >= 4 is 27.5 Å². The fraction of sp³-hybridized carbons (Fsp3) is 0.0714. The maximum atomic E-state index is 13.5. The van der Waals surface area contributed by atoms with E-state index in [1.807, 2.05) is 5.32 Å². The smallest absolute Gasteiger partial charge is 0.341 e. The Kier molecular flexibility index (Phi) is 3.87. The molecule has 0 unspecified atom stereocenters. The summed E-state index contributed by atoms with van der Waals surface area (Å²) in [5, 5.41) is 1.89. The highest BCUT2D eigenvalue weighted by molar-refractivity contribution is 7.91. The number of hydrogen-bond acceptors (Lipinski definition) is 6. The van der Waals surface area contributed by atoms with Gasteiger partial charge in [0.05, 0.1) is 21.7 Å². The van der Waals surface area contributed by atoms with Gasteiger partial charge in [-0.2, -0.15) is 8.78 Å². The Morgan fingerprint density at radius 1 is 1.08 bits per heavy atom. The number of aromatic nitrogens is 1. The topological polar surface area (TPSA) is 128 Å². The van der Waals surface area contributed by atoms with Crippen LogP contribution in [0.4, 0.5) is 19.0 Å². The number of nitrogens with zero attached hydrogens (tertiary/aromatic N) is 1. The first-order valence-electron chi connectivity index (χ1n) is 6.79. The van der Waals surface area contributed by atoms with Crippen LogP contribution in [0.3, 0.4) is 0 Å². The summed E-state index contributed by atoms with van der Waals surface area (Å²) in [6, 6.07) is 2.49. The van der Waals surface area contributed by atoms with E-state index in [1.165, 1.54) is 0 Å². The summed E-state index contributed by atoms with van der Waals surface area (Å²) in [4.78, 5) is 34.5. The average Bonchev–Trinajstić information content (AvgIpc) is 2.82. The summed E-state index contributed by atoms with van der Waals surface area (Å²) in [6.45, 7) is 0. The van der Waals surface area contributed by atoms with Crippen molar-refractivity contribution in [1.29, 1.82) is 0 Å². The summed E-state index contributed by atoms with van der Waals surface area (Å²) < 4.78 is 63.4. The molecular formula is C14H8F3N3O5S. The largest absolute Gasteiger partial charge is 0.384 e. The summed E-state index contributed by atoms with van der Waals surface area (Å²) in [5.74, 6) is -7.52. The number of anilines is 1. The molecule has 1 aromatic heterocycles. The molecule has 0 aliphatic carbocycles. The van der Waals surface area contributed by atoms with Gasteiger partial charge in [-0.05, 0) is 18.2 Å². The zero-order chi connectivity index (χ0) is 19.4. The van der Waals surface area contributed by atoms with Gasteiger partial charge in [-0.25, -0.2) is 12.8 Å². The van der Waals surface area contributed by atoms with Crippen LogP contribution < -0.4 is 16.6 Å². The molecule has 1 aliphatic heterocycles. The predicted octanol–water partition coefficient (Wildman–Crippen LogP) is 0.439. The van der Waals surface area contributed by atoms with E-state index in [0.717, 1.165) is 12.1 Å². The van der Waals surface area contributed by atoms with Crippen molar-refractivity contribution in [1.82, 2.24) is 9.88 Å². The second kappa shape index (κ2) is 5.69. The van der Waals surface area contributed by atoms with Gasteiger partial charge >= 0.3 is 5.76 Å². The van der Waals surface area contributed by atoms with Crippen LogP contribution in [0, 0.1) is 5.82 Å². The number of carbonyl (C=O) groups is 2. The highest BCUT2D eigenvalue weighted by atomic mass is 32.2. The van der Waals surface area contributed by atoms with Gasteiger partial charge in [-0.1, -0.05) is 0 Å². The molecule has 3 rings (SSSR count). The third kappa shape index (κ3) is 2.45. The van der Waals surface area contributed by atoms with Crippen molar-refractivity contribution in [3.8, 4) is 5.69 Å². The van der Waals surface area contributed by atoms with Gasteiger partial charge in [0.15, 0.2) is 0 Å². The van der Waals surface area contributed by atoms with E-state index in [9.17, 15) is 36.0 Å². The van der Waals surface area contributed by atoms with Gasteiger partial charge in [0.25, 0.3) is 17.4 Å². The molecule has 2 heterocycles. The molecule has 0 atom stereocenters. The minimum Gasteiger partial charge on any atom is -0.384 e. The second-order valence-electron chi connectivity index (χ2n) is 5.19. The Morgan fingerprint density at radius 3 is 2.35 bits per heavy atom. The molecule has 8 nitrogen and oxygen atoms in total. The number of amides is 2. The van der Waals surface area contributed by atoms with E-state index >= 15 is 0 Å². The van der Waals surface area contributed by atoms with Crippen LogP contribution >= 0.6 is 0 Å². The standard InChI is InChI=1S/C14H8F3N3O5S/c15-5-1-2-7(8(3-5)26(24,25)14(16)17)20-9(21)4-6-10(11(20)18)13(23)19-12(6)22/h1-4,14H,18H2,(H,19,22,23). The Labute approximate surface area is 143 Å². The number of alkyl halides is 2. The molecule has 26 heavy (non-hydrogen) atoms. The number of pyridine rings is 1. The van der Waals surface area contributed by atoms with Crippen molar-refractivity contribution in [3.05, 3.63) is 51.6 Å². The van der Waals surface area contributed by atoms with Crippen LogP contribution in [0.15, 0.2) is 34.0 Å². The van der Waals surface area contributed by atoms with E-state index in [-0.39, 0.29) is 5.56 Å². The molecule has 1 aliphatic rings. The monoisotopic (exact) mass is 387 g/mol. The third-order valence-electron chi connectivity index (χ3n) is 3.66. The van der Waals surface area contributed by atoms with Crippen LogP contribution in [0.2, 0.25) is 0 Å². The van der Waals surface area contributed by atoms with E-state index in [4.69, 9.17) is 5.73 Å². The number of nitrogen functional groups attached to an aromatic ring is 1. The number of sulfone groups is 1. The van der Waals surface area contributed by atoms with Gasteiger partial charge in [-0.15, -0.1) is 0 Å². The molecule has 3 N–H and O–H groups in total. The van der Waals surface area contributed by atoms with Gasteiger partial charge in [0.2, 0.25) is 9.84 Å². The Balaban J connectivity index is 2.41. The molecule has 0 fully saturated rings. The zero-order valence-electron chi connectivity index (χ0n) is 12.5. The van der Waals surface area contributed by atoms with Gasteiger partial charge < -0.3 is 5.73 Å². The predicted molar refractivity (Wildman–Crippen MR) is 81.4 cm³/mol. The molecule has 0 spiro atoms. The fourth-order valence-corrected chi connectivity index (χ4v) is 3.44. The van der Waals surface area contributed by atoms with Crippen LogP contribution in [0.5, 0.6) is 0 Å². The van der Waals surface area contributed by atoms with Crippen molar-refractivity contribution < 1.29 is 31.2 Å². The number of rotatable bonds is 3. The lowest BCUT2D eigenvalue weighted by molar-refractivity contribution is 0.0880. The number of hydrogen-bond donors (Lipinski definition) is 2. The average molecular weight is 387 g/mol. The fourth-order valence-electron chi connectivity index (χ4n) is 2.52. The number of halogens is 3. The van der Waals surface area contributed by atoms with E-state index < -0.39 is 60.7 Å². The van der Waals surface area contributed by atoms with Crippen molar-refractivity contribution in [2.45, 2.75) is 10.7 Å². The van der Waals surface area contributed by atoms with E-state index in [2.05, 4.69) is 0 Å². The maximum Gasteiger partial charge on any atom is 0.341 e. The number of nitrogens with two attached hydrogens (primary N) is 1. The molecule has 2 amide bonds. The Hall–Kier alpha value is -3.15. The van der Waals surface area contributed by atoms with Crippen molar-refractivity contribution in [2.24, 2.45) is 0 Å². The first-order valence-corrected chi connectivity index (χ1v) is 8.33. The lowest BCUT2D eigenvalue weighted by Gasteiger charge is -2.15. The second-order valence-corrected chi connectivity index (χ2v) is 7.08. The minimum atomic E-state index is -5.31. The minimum absolute atomic E-state index is 0.307. The lowest BCUT2D eigenvalue weighted by Crippen LogP contribution is -2.26. The number of fused-ring (bicyclic) bond motifs is 1. The van der Waals surface area contributed by atoms with Crippen molar-refractivity contribution in [3.63, 3.8) is 0 Å². The normalized spacial score (nSPS) is 13.8. The first kappa shape index (κ1) is 17.7. The van der Waals surface area contributed by atoms with Gasteiger partial charge in [0.1, 0.15) is 11.6 Å². The summed E-state index contributed by atoms with van der Waals surface area (Å²) in [7, 11) is -5.31. The first-order chi connectivity index (χ1) is 12.1. The maximum absolute atomic E-state index is 13.5. The summed E-state index contributed by atoms with van der Waals surface area (Å²) in [5.41, 5.74) is 3.22. The Bertz CT molecular complexity index is 1140. The summed E-state index contributed by atoms with van der Waals surface area (Å²) >= 11 is 0.